The quantitative estimate of drug-likeness (QED) is 0.344. The first-order valence-corrected chi connectivity index (χ1v) is 16.0. The lowest BCUT2D eigenvalue weighted by atomic mass is 9.53. The van der Waals surface area contributed by atoms with Gasteiger partial charge in [-0.25, -0.2) is 0 Å². The van der Waals surface area contributed by atoms with Crippen molar-refractivity contribution in [2.45, 2.75) is 168 Å². The molecule has 0 bridgehead atoms. The van der Waals surface area contributed by atoms with E-state index in [1.807, 2.05) is 41.5 Å². The van der Waals surface area contributed by atoms with E-state index in [9.17, 15) is 19.2 Å². The molecule has 2 heterocycles. The van der Waals surface area contributed by atoms with Gasteiger partial charge in [-0.15, -0.1) is 0 Å². The number of carbonyl (C=O) groups excluding carboxylic acids is 4. The average Bonchev–Trinajstić information content (AvgIpc) is 3.00. The van der Waals surface area contributed by atoms with Crippen LogP contribution in [0, 0.1) is 22.7 Å². The third kappa shape index (κ3) is 5.83. The van der Waals surface area contributed by atoms with Crippen molar-refractivity contribution >= 4 is 23.5 Å². The van der Waals surface area contributed by atoms with Gasteiger partial charge in [0, 0.05) is 49.4 Å². The lowest BCUT2D eigenvalue weighted by Crippen LogP contribution is -2.60. The van der Waals surface area contributed by atoms with Crippen molar-refractivity contribution in [2.75, 3.05) is 0 Å². The van der Waals surface area contributed by atoms with Gasteiger partial charge in [-0.2, -0.15) is 0 Å². The van der Waals surface area contributed by atoms with Gasteiger partial charge in [0.2, 0.25) is 0 Å². The largest absolute Gasteiger partial charge is 0.459 e. The SMILES string of the molecule is CC(=O)O[C@]1(C)CCC2OC(C)(C)C(=O)CC[C@@]2(C)[C@@H]1CCC1C2(C)CCC(=O)C(C)(C)O[C@H]2CC[C@]1(C)OC(C)=O. The van der Waals surface area contributed by atoms with E-state index in [4.69, 9.17) is 18.9 Å². The summed E-state index contributed by atoms with van der Waals surface area (Å²) in [7, 11) is 0. The molecule has 4 rings (SSSR count). The minimum Gasteiger partial charge on any atom is -0.459 e. The lowest BCUT2D eigenvalue weighted by molar-refractivity contribution is -0.223. The van der Waals surface area contributed by atoms with Crippen molar-refractivity contribution in [3.8, 4) is 0 Å². The number of fused-ring (bicyclic) bond motifs is 2. The molecule has 238 valence electrons. The fourth-order valence-corrected chi connectivity index (χ4v) is 9.46. The average molecular weight is 591 g/mol. The molecule has 0 radical (unpaired) electrons. The molecule has 0 amide bonds. The normalized spacial score (nSPS) is 43.3. The monoisotopic (exact) mass is 590 g/mol. The summed E-state index contributed by atoms with van der Waals surface area (Å²) in [5.41, 5.74) is -4.01. The van der Waals surface area contributed by atoms with Gasteiger partial charge < -0.3 is 18.9 Å². The summed E-state index contributed by atoms with van der Waals surface area (Å²) < 4.78 is 25.4. The Kier molecular flexibility index (Phi) is 8.65. The number of Topliss-reactive ketones (excluding diaryl/α,β-unsaturated/α-hetero) is 2. The molecular weight excluding hydrogens is 536 g/mol. The Balaban J connectivity index is 1.75. The number of hydrogen-bond acceptors (Lipinski definition) is 8. The zero-order valence-corrected chi connectivity index (χ0v) is 27.6. The second-order valence-electron chi connectivity index (χ2n) is 15.7. The molecule has 0 spiro atoms. The minimum atomic E-state index is -0.864. The van der Waals surface area contributed by atoms with E-state index in [1.165, 1.54) is 13.8 Å². The van der Waals surface area contributed by atoms with Crippen molar-refractivity contribution in [1.82, 2.24) is 0 Å². The number of hydrogen-bond donors (Lipinski definition) is 0. The molecule has 2 saturated heterocycles. The summed E-state index contributed by atoms with van der Waals surface area (Å²) >= 11 is 0. The molecule has 8 nitrogen and oxygen atoms in total. The smallest absolute Gasteiger partial charge is 0.303 e. The van der Waals surface area contributed by atoms with Gasteiger partial charge in [-0.05, 0) is 92.9 Å². The van der Waals surface area contributed by atoms with Crippen LogP contribution < -0.4 is 0 Å². The van der Waals surface area contributed by atoms with E-state index < -0.39 is 33.2 Å². The number of carbonyl (C=O) groups is 4. The fraction of sp³-hybridized carbons (Fsp3) is 0.882. The van der Waals surface area contributed by atoms with E-state index in [0.29, 0.717) is 64.2 Å². The third-order valence-electron chi connectivity index (χ3n) is 11.8. The highest BCUT2D eigenvalue weighted by atomic mass is 16.6. The Morgan fingerprint density at radius 3 is 1.29 bits per heavy atom. The molecule has 2 aliphatic carbocycles. The van der Waals surface area contributed by atoms with Crippen LogP contribution in [0.5, 0.6) is 0 Å². The van der Waals surface area contributed by atoms with Crippen molar-refractivity contribution < 1.29 is 38.1 Å². The summed E-state index contributed by atoms with van der Waals surface area (Å²) in [4.78, 5) is 51.0. The van der Waals surface area contributed by atoms with Gasteiger partial charge >= 0.3 is 11.9 Å². The second-order valence-corrected chi connectivity index (χ2v) is 15.7. The molecule has 0 aromatic rings. The summed E-state index contributed by atoms with van der Waals surface area (Å²) in [5.74, 6) is -0.627. The van der Waals surface area contributed by atoms with Crippen LogP contribution in [-0.4, -0.2) is 58.1 Å². The first-order chi connectivity index (χ1) is 19.2. The molecule has 2 aliphatic heterocycles. The van der Waals surface area contributed by atoms with E-state index >= 15 is 0 Å². The first-order valence-electron chi connectivity index (χ1n) is 16.0. The predicted molar refractivity (Wildman–Crippen MR) is 158 cm³/mol. The van der Waals surface area contributed by atoms with Crippen LogP contribution in [0.25, 0.3) is 0 Å². The standard InChI is InChI=1S/C34H54O8/c1-21(35)39-33(9)19-15-27-31(7,17-13-25(37)29(3,4)41-27)23(33)11-12-24-32(8)18-14-26(38)30(5,6)42-28(32)16-20-34(24,10)40-22(2)36/h23-24,27-28H,11-20H2,1-10H3/t23-,24?,27?,28-,31-,32?,33+,34-/m0/s1. The molecule has 42 heavy (non-hydrogen) atoms. The second kappa shape index (κ2) is 11.0. The number of ketones is 2. The Morgan fingerprint density at radius 2 is 0.976 bits per heavy atom. The van der Waals surface area contributed by atoms with Gasteiger partial charge in [0.05, 0.1) is 12.2 Å². The molecule has 0 aromatic heterocycles. The van der Waals surface area contributed by atoms with E-state index in [2.05, 4.69) is 13.8 Å². The van der Waals surface area contributed by atoms with Crippen LogP contribution in [-0.2, 0) is 38.1 Å². The molecule has 8 heteroatoms. The molecule has 2 saturated carbocycles. The molecule has 4 fully saturated rings. The molecule has 0 aromatic carbocycles. The summed E-state index contributed by atoms with van der Waals surface area (Å²) in [6, 6.07) is 0. The van der Waals surface area contributed by atoms with Crippen LogP contribution in [0.2, 0.25) is 0 Å². The fourth-order valence-electron chi connectivity index (χ4n) is 9.46. The number of ether oxygens (including phenoxy) is 4. The zero-order chi connectivity index (χ0) is 31.5. The van der Waals surface area contributed by atoms with Crippen molar-refractivity contribution in [2.24, 2.45) is 22.7 Å². The zero-order valence-electron chi connectivity index (χ0n) is 27.6. The maximum absolute atomic E-state index is 13.1. The van der Waals surface area contributed by atoms with E-state index in [-0.39, 0.29) is 47.5 Å². The van der Waals surface area contributed by atoms with Gasteiger partial charge in [0.15, 0.2) is 11.6 Å². The van der Waals surface area contributed by atoms with Crippen molar-refractivity contribution in [3.05, 3.63) is 0 Å². The highest BCUT2D eigenvalue weighted by Gasteiger charge is 2.61. The Labute approximate surface area is 252 Å². The molecule has 3 unspecified atom stereocenters. The van der Waals surface area contributed by atoms with Gasteiger partial charge in [-0.3, -0.25) is 19.2 Å². The highest BCUT2D eigenvalue weighted by Crippen LogP contribution is 2.60. The van der Waals surface area contributed by atoms with Crippen LogP contribution in [0.15, 0.2) is 0 Å². The maximum atomic E-state index is 13.1. The van der Waals surface area contributed by atoms with Crippen LogP contribution in [0.1, 0.15) is 133 Å². The maximum Gasteiger partial charge on any atom is 0.303 e. The molecular formula is C34H54O8. The predicted octanol–water partition coefficient (Wildman–Crippen LogP) is 6.30. The number of rotatable bonds is 5. The van der Waals surface area contributed by atoms with Crippen molar-refractivity contribution in [3.63, 3.8) is 0 Å². The molecule has 4 aliphatic rings. The van der Waals surface area contributed by atoms with Crippen LogP contribution >= 0.6 is 0 Å². The Morgan fingerprint density at radius 1 is 0.643 bits per heavy atom. The van der Waals surface area contributed by atoms with Gasteiger partial charge in [0.25, 0.3) is 0 Å². The van der Waals surface area contributed by atoms with Crippen LogP contribution in [0.4, 0.5) is 0 Å². The van der Waals surface area contributed by atoms with Crippen molar-refractivity contribution in [1.29, 1.82) is 0 Å². The molecule has 0 N–H and O–H groups in total. The summed E-state index contributed by atoms with van der Waals surface area (Å²) in [5, 5.41) is 0. The Bertz CT molecular complexity index is 1020. The van der Waals surface area contributed by atoms with E-state index in [0.717, 1.165) is 0 Å². The van der Waals surface area contributed by atoms with Gasteiger partial charge in [0.1, 0.15) is 22.4 Å². The highest BCUT2D eigenvalue weighted by molar-refractivity contribution is 5.87. The molecule has 8 atom stereocenters. The minimum absolute atomic E-state index is 0.0929. The first kappa shape index (κ1) is 33.1. The topological polar surface area (TPSA) is 105 Å². The number of esters is 2. The lowest BCUT2D eigenvalue weighted by Gasteiger charge is -2.58. The van der Waals surface area contributed by atoms with E-state index in [1.54, 1.807) is 0 Å². The van der Waals surface area contributed by atoms with Crippen LogP contribution in [0.3, 0.4) is 0 Å². The third-order valence-corrected chi connectivity index (χ3v) is 11.8. The summed E-state index contributed by atoms with van der Waals surface area (Å²) in [6.45, 7) is 18.8. The summed E-state index contributed by atoms with van der Waals surface area (Å²) in [6.07, 6.45) is 5.88. The van der Waals surface area contributed by atoms with Gasteiger partial charge in [-0.1, -0.05) is 13.8 Å². The Hall–Kier alpha value is -1.80.